The first-order chi connectivity index (χ1) is 30.6. The van der Waals surface area contributed by atoms with Crippen molar-refractivity contribution in [2.45, 2.75) is 213 Å². The van der Waals surface area contributed by atoms with Gasteiger partial charge in [-0.3, -0.25) is 0 Å². The van der Waals surface area contributed by atoms with Crippen molar-refractivity contribution in [1.29, 1.82) is 0 Å². The Balaban J connectivity index is 6.87. The summed E-state index contributed by atoms with van der Waals surface area (Å²) in [6, 6.07) is 0. The largest absolute Gasteiger partial charge is 0.460 e. The van der Waals surface area contributed by atoms with E-state index in [0.717, 1.165) is 0 Å². The lowest BCUT2D eigenvalue weighted by Crippen LogP contribution is -2.75. The molecule has 0 aromatic rings. The van der Waals surface area contributed by atoms with Gasteiger partial charge in [-0.1, -0.05) is 67.2 Å². The van der Waals surface area contributed by atoms with E-state index in [4.69, 9.17) is 0 Å². The van der Waals surface area contributed by atoms with Gasteiger partial charge >= 0.3 is 83.4 Å². The Morgan fingerprint density at radius 2 is 0.437 bits per heavy atom. The van der Waals surface area contributed by atoms with Crippen LogP contribution in [0, 0.1) is 10.8 Å². The summed E-state index contributed by atoms with van der Waals surface area (Å²) in [5, 5.41) is 0. The van der Waals surface area contributed by atoms with Gasteiger partial charge in [0, 0.05) is 12.8 Å². The molecule has 0 N–H and O–H groups in total. The molecular formula is C38H46F32O. The normalized spacial score (nSPS) is 17.7. The van der Waals surface area contributed by atoms with Crippen LogP contribution in [0.1, 0.15) is 119 Å². The number of alkyl halides is 32. The van der Waals surface area contributed by atoms with Crippen molar-refractivity contribution in [3.8, 4) is 0 Å². The Hall–Kier alpha value is -2.28. The van der Waals surface area contributed by atoms with Gasteiger partial charge in [0.2, 0.25) is 11.3 Å². The van der Waals surface area contributed by atoms with Crippen molar-refractivity contribution in [3.63, 3.8) is 0 Å². The molecule has 0 bridgehead atoms. The highest BCUT2D eigenvalue weighted by atomic mass is 19.4. The van der Waals surface area contributed by atoms with Crippen LogP contribution in [0.3, 0.4) is 0 Å². The van der Waals surface area contributed by atoms with Crippen LogP contribution in [0.25, 0.3) is 0 Å². The molecule has 428 valence electrons. The number of hydrogen-bond donors (Lipinski definition) is 0. The smallest absolute Gasteiger partial charge is 0.381 e. The third kappa shape index (κ3) is 12.4. The topological polar surface area (TPSA) is 9.23 Å². The van der Waals surface area contributed by atoms with Gasteiger partial charge in [0.25, 0.3) is 0 Å². The summed E-state index contributed by atoms with van der Waals surface area (Å²) in [6.07, 6.45) is -36.1. The number of ether oxygens (including phenoxy) is 1. The molecule has 0 aliphatic carbocycles. The molecule has 0 rings (SSSR count). The highest BCUT2D eigenvalue weighted by molar-refractivity contribution is 5.20. The van der Waals surface area contributed by atoms with Crippen LogP contribution in [0.15, 0.2) is 0 Å². The van der Waals surface area contributed by atoms with Crippen molar-refractivity contribution >= 4 is 0 Å². The molecule has 0 radical (unpaired) electrons. The van der Waals surface area contributed by atoms with Crippen molar-refractivity contribution in [1.82, 2.24) is 0 Å². The van der Waals surface area contributed by atoms with Crippen LogP contribution in [-0.4, -0.2) is 108 Å². The van der Waals surface area contributed by atoms with E-state index in [2.05, 4.69) is 4.74 Å². The zero-order valence-electron chi connectivity index (χ0n) is 37.4. The Morgan fingerprint density at radius 1 is 0.225 bits per heavy atom. The van der Waals surface area contributed by atoms with Crippen LogP contribution in [0.2, 0.25) is 0 Å². The number of halogens is 32. The van der Waals surface area contributed by atoms with Gasteiger partial charge in [-0.2, -0.15) is 132 Å². The van der Waals surface area contributed by atoms with E-state index >= 15 is 26.3 Å². The van der Waals surface area contributed by atoms with Crippen molar-refractivity contribution in [2.24, 2.45) is 10.8 Å². The van der Waals surface area contributed by atoms with Crippen molar-refractivity contribution < 1.29 is 145 Å². The first kappa shape index (κ1) is 68.7. The zero-order valence-corrected chi connectivity index (χ0v) is 37.4. The average Bonchev–Trinajstić information content (AvgIpc) is 3.14. The summed E-state index contributed by atoms with van der Waals surface area (Å²) in [6.45, 7) is 2.94. The fourth-order valence-corrected chi connectivity index (χ4v) is 6.45. The number of hydrogen-bond acceptors (Lipinski definition) is 1. The fraction of sp³-hybridized carbons (Fsp3) is 1.00. The van der Waals surface area contributed by atoms with Gasteiger partial charge in [-0.15, -0.1) is 0 Å². The maximum Gasteiger partial charge on any atom is 0.460 e. The third-order valence-corrected chi connectivity index (χ3v) is 11.0. The second-order valence-electron chi connectivity index (χ2n) is 19.1. The minimum absolute atomic E-state index is 0.125. The lowest BCUT2D eigenvalue weighted by molar-refractivity contribution is -0.440. The summed E-state index contributed by atoms with van der Waals surface area (Å²) < 4.78 is 462. The van der Waals surface area contributed by atoms with E-state index < -0.39 is 183 Å². The van der Waals surface area contributed by atoms with Crippen LogP contribution in [0.5, 0.6) is 0 Å². The predicted octanol–water partition coefficient (Wildman–Crippen LogP) is 17.9. The third-order valence-electron chi connectivity index (χ3n) is 11.0. The summed E-state index contributed by atoms with van der Waals surface area (Å²) in [5.41, 5.74) is -16.6. The Morgan fingerprint density at radius 3 is 0.648 bits per heavy atom. The number of rotatable bonds is 28. The van der Waals surface area contributed by atoms with Crippen LogP contribution >= 0.6 is 0 Å². The molecule has 2 atom stereocenters. The monoisotopic (exact) mass is 1130 g/mol. The maximum absolute atomic E-state index is 15.6. The molecule has 0 saturated carbocycles. The molecule has 0 aromatic carbocycles. The highest BCUT2D eigenvalue weighted by Crippen LogP contribution is 2.67. The van der Waals surface area contributed by atoms with Gasteiger partial charge in [0.05, 0.1) is 13.2 Å². The molecular weight excluding hydrogens is 1080 g/mol. The van der Waals surface area contributed by atoms with E-state index in [1.54, 1.807) is 0 Å². The lowest BCUT2D eigenvalue weighted by Gasteiger charge is -2.46. The minimum Gasteiger partial charge on any atom is -0.381 e. The first-order valence-corrected chi connectivity index (χ1v) is 20.2. The first-order valence-electron chi connectivity index (χ1n) is 20.2. The van der Waals surface area contributed by atoms with Gasteiger partial charge < -0.3 is 4.74 Å². The molecule has 0 spiro atoms. The summed E-state index contributed by atoms with van der Waals surface area (Å²) in [4.78, 5) is 0. The molecule has 0 aromatic heterocycles. The van der Waals surface area contributed by atoms with Gasteiger partial charge in [0.15, 0.2) is 0 Å². The quantitative estimate of drug-likeness (QED) is 0.0560. The van der Waals surface area contributed by atoms with E-state index in [1.807, 2.05) is 0 Å². The van der Waals surface area contributed by atoms with Crippen molar-refractivity contribution in [3.05, 3.63) is 0 Å². The van der Waals surface area contributed by atoms with E-state index in [0.29, 0.717) is 0 Å². The minimum atomic E-state index is -8.53. The molecule has 71 heavy (non-hydrogen) atoms. The van der Waals surface area contributed by atoms with Gasteiger partial charge in [-0.05, 0) is 49.4 Å². The molecule has 0 saturated heterocycles. The highest BCUT2D eigenvalue weighted by Gasteiger charge is 2.95. The lowest BCUT2D eigenvalue weighted by atomic mass is 9.76. The molecule has 0 aliphatic heterocycles. The number of unbranched alkanes of at least 4 members (excludes halogenated alkanes) is 4. The van der Waals surface area contributed by atoms with Crippen molar-refractivity contribution in [2.75, 3.05) is 13.2 Å². The Labute approximate surface area is 383 Å². The summed E-state index contributed by atoms with van der Waals surface area (Å²) >= 11 is 0. The van der Waals surface area contributed by atoms with Crippen LogP contribution in [-0.2, 0) is 4.74 Å². The maximum atomic E-state index is 15.6. The predicted molar refractivity (Wildman–Crippen MR) is 184 cm³/mol. The molecule has 2 unspecified atom stereocenters. The fourth-order valence-electron chi connectivity index (χ4n) is 6.45. The zero-order chi connectivity index (χ0) is 57.6. The molecule has 0 amide bonds. The SMILES string of the molecule is CC(C)(C)CCCCCC(F)(C(F)(F)C(F)(F)C(F)(F)F)C(F)(F)C(F)(F)C(F)(F)C(F)(F)CCOCCC(F)(F)C(F)(F)C(F)(F)C(F)(F)C(F)(CCCCCC(C)(C)C)C(F)(F)C(F)(F)C(F)(F)F. The van der Waals surface area contributed by atoms with E-state index in [9.17, 15) is 114 Å². The second-order valence-corrected chi connectivity index (χ2v) is 19.1. The van der Waals surface area contributed by atoms with Gasteiger partial charge in [-0.25, -0.2) is 8.78 Å². The average molecular weight is 1130 g/mol. The van der Waals surface area contributed by atoms with Gasteiger partial charge in [0.1, 0.15) is 0 Å². The molecule has 0 heterocycles. The Bertz CT molecular complexity index is 1580. The standard InChI is InChI=1S/C38H46F32O/c1-21(2,3)13-9-7-11-15-23(39,29(49,50)35(61,62)37(65,66)67)27(45,46)33(57,58)31(53,54)25(41,42)17-19-71-20-18-26(43,44)32(55,56)34(59,60)28(47,48)24(40,16-12-8-10-14-22(4,5)6)30(51,52)36(63,64)38(68,69)70/h7-20H2,1-6H3. The van der Waals surface area contributed by atoms with Crippen LogP contribution < -0.4 is 0 Å². The Kier molecular flexibility index (Phi) is 20.0. The molecule has 33 heteroatoms. The molecule has 1 nitrogen and oxygen atoms in total. The second kappa shape index (κ2) is 20.7. The molecule has 0 fully saturated rings. The van der Waals surface area contributed by atoms with Crippen LogP contribution in [0.4, 0.5) is 140 Å². The van der Waals surface area contributed by atoms with E-state index in [1.165, 1.54) is 41.5 Å². The summed E-state index contributed by atoms with van der Waals surface area (Å²) in [5.74, 6) is -97.3. The molecule has 0 aliphatic rings. The van der Waals surface area contributed by atoms with E-state index in [-0.39, 0.29) is 12.8 Å². The summed E-state index contributed by atoms with van der Waals surface area (Å²) in [7, 11) is 0.